The molecule has 1 heterocycles. The normalized spacial score (nSPS) is 21.3. The van der Waals surface area contributed by atoms with E-state index >= 15 is 0 Å². The van der Waals surface area contributed by atoms with Crippen LogP contribution in [-0.2, 0) is 59.6 Å². The van der Waals surface area contributed by atoms with E-state index in [4.69, 9.17) is 28.4 Å². The van der Waals surface area contributed by atoms with Crippen molar-refractivity contribution in [2.45, 2.75) is 70.3 Å². The first-order valence-electron chi connectivity index (χ1n) is 15.6. The Morgan fingerprint density at radius 2 is 0.956 bits per heavy atom. The molecule has 236 valence electrons. The van der Waals surface area contributed by atoms with Gasteiger partial charge in [-0.15, -0.1) is 0 Å². The Kier molecular flexibility index (Phi) is 12.7. The fourth-order valence-corrected chi connectivity index (χ4v) is 5.43. The zero-order chi connectivity index (χ0) is 31.1. The maximum Gasteiger partial charge on any atom is 0.308 e. The van der Waals surface area contributed by atoms with E-state index in [1.54, 1.807) is 6.92 Å². The highest BCUT2D eigenvalue weighted by Gasteiger charge is 2.49. The fraction of sp³-hybridized carbons (Fsp3) is 0.342. The van der Waals surface area contributed by atoms with Crippen LogP contribution in [0.3, 0.4) is 0 Å². The van der Waals surface area contributed by atoms with Crippen LogP contribution in [0.2, 0.25) is 0 Å². The summed E-state index contributed by atoms with van der Waals surface area (Å²) >= 11 is 0. The molecule has 0 aromatic heterocycles. The van der Waals surface area contributed by atoms with Crippen LogP contribution in [0, 0.1) is 0 Å². The lowest BCUT2D eigenvalue weighted by molar-refractivity contribution is -0.273. The van der Waals surface area contributed by atoms with Crippen LogP contribution in [-0.4, -0.2) is 49.7 Å². The molecule has 4 aromatic carbocycles. The van der Waals surface area contributed by atoms with Crippen molar-refractivity contribution in [2.75, 3.05) is 13.2 Å². The highest BCUT2D eigenvalue weighted by atomic mass is 16.6. The van der Waals surface area contributed by atoms with E-state index in [2.05, 4.69) is 0 Å². The van der Waals surface area contributed by atoms with Gasteiger partial charge in [-0.25, -0.2) is 0 Å². The van der Waals surface area contributed by atoms with Crippen LogP contribution in [0.5, 0.6) is 0 Å². The van der Waals surface area contributed by atoms with Crippen LogP contribution >= 0.6 is 0 Å². The molecule has 5 atom stereocenters. The van der Waals surface area contributed by atoms with Gasteiger partial charge in [0, 0.05) is 0 Å². The Labute approximate surface area is 266 Å². The van der Waals surface area contributed by atoms with Crippen LogP contribution in [0.1, 0.15) is 35.6 Å². The molecule has 4 aromatic rings. The molecule has 0 spiro atoms. The highest BCUT2D eigenvalue weighted by molar-refractivity contribution is 5.70. The molecule has 1 fully saturated rings. The summed E-state index contributed by atoms with van der Waals surface area (Å²) in [5, 5.41) is 0. The van der Waals surface area contributed by atoms with Crippen molar-refractivity contribution < 1.29 is 33.2 Å². The molecule has 7 nitrogen and oxygen atoms in total. The number of benzene rings is 4. The number of ether oxygens (including phenoxy) is 6. The molecule has 1 saturated heterocycles. The second-order valence-electron chi connectivity index (χ2n) is 11.0. The molecule has 7 heteroatoms. The van der Waals surface area contributed by atoms with Crippen LogP contribution in [0.4, 0.5) is 0 Å². The smallest absolute Gasteiger partial charge is 0.308 e. The van der Waals surface area contributed by atoms with E-state index < -0.39 is 30.5 Å². The second kappa shape index (κ2) is 17.6. The van der Waals surface area contributed by atoms with Crippen molar-refractivity contribution >= 4 is 5.97 Å². The zero-order valence-electron chi connectivity index (χ0n) is 25.7. The lowest BCUT2D eigenvalue weighted by Gasteiger charge is -2.46. The second-order valence-corrected chi connectivity index (χ2v) is 11.0. The van der Waals surface area contributed by atoms with E-state index in [0.29, 0.717) is 26.4 Å². The quantitative estimate of drug-likeness (QED) is 0.131. The van der Waals surface area contributed by atoms with Crippen molar-refractivity contribution in [2.24, 2.45) is 0 Å². The molecule has 5 rings (SSSR count). The molecule has 0 bridgehead atoms. The van der Waals surface area contributed by atoms with E-state index in [1.165, 1.54) is 0 Å². The highest BCUT2D eigenvalue weighted by Crippen LogP contribution is 2.32. The summed E-state index contributed by atoms with van der Waals surface area (Å²) < 4.78 is 38.1. The Balaban J connectivity index is 1.44. The lowest BCUT2D eigenvalue weighted by Crippen LogP contribution is -2.61. The van der Waals surface area contributed by atoms with Crippen LogP contribution in [0.15, 0.2) is 121 Å². The summed E-state index contributed by atoms with van der Waals surface area (Å²) in [5.74, 6) is -0.356. The zero-order valence-corrected chi connectivity index (χ0v) is 25.7. The molecule has 1 aliphatic rings. The third-order valence-electron chi connectivity index (χ3n) is 7.65. The van der Waals surface area contributed by atoms with Crippen LogP contribution < -0.4 is 0 Å². The predicted molar refractivity (Wildman–Crippen MR) is 171 cm³/mol. The average Bonchev–Trinajstić information content (AvgIpc) is 3.08. The van der Waals surface area contributed by atoms with Gasteiger partial charge in [0.2, 0.25) is 0 Å². The maximum absolute atomic E-state index is 12.9. The van der Waals surface area contributed by atoms with Gasteiger partial charge in [0.1, 0.15) is 24.4 Å². The van der Waals surface area contributed by atoms with E-state index in [1.807, 2.05) is 121 Å². The Morgan fingerprint density at radius 3 is 1.40 bits per heavy atom. The summed E-state index contributed by atoms with van der Waals surface area (Å²) in [7, 11) is 0. The number of hydrogen-bond acceptors (Lipinski definition) is 7. The molecule has 0 N–H and O–H groups in total. The summed E-state index contributed by atoms with van der Waals surface area (Å²) in [4.78, 5) is 12.9. The van der Waals surface area contributed by atoms with Crippen molar-refractivity contribution in [3.8, 4) is 0 Å². The Morgan fingerprint density at radius 1 is 0.556 bits per heavy atom. The molecule has 0 saturated carbocycles. The predicted octanol–water partition coefficient (Wildman–Crippen LogP) is 6.68. The number of carbonyl (C=O) groups excluding carboxylic acids is 1. The first-order valence-corrected chi connectivity index (χ1v) is 15.6. The van der Waals surface area contributed by atoms with Gasteiger partial charge in [-0.2, -0.15) is 0 Å². The third-order valence-corrected chi connectivity index (χ3v) is 7.65. The monoisotopic (exact) mass is 610 g/mol. The first kappa shape index (κ1) is 32.5. The topological polar surface area (TPSA) is 72.5 Å². The molecule has 0 aliphatic carbocycles. The molecule has 0 unspecified atom stereocenters. The molecular formula is C38H42O7. The summed E-state index contributed by atoms with van der Waals surface area (Å²) in [5.41, 5.74) is 4.11. The Hall–Kier alpha value is -3.85. The van der Waals surface area contributed by atoms with Gasteiger partial charge in [0.15, 0.2) is 0 Å². The summed E-state index contributed by atoms with van der Waals surface area (Å²) in [6.07, 6.45) is -2.91. The standard InChI is InChI=1S/C38H42O7/c1-2-41-35(39)23-33-36(42-25-30-17-9-4-10-18-30)38(44-27-32-21-13-6-14-22-32)37(43-26-31-19-11-5-12-20-31)34(45-33)28-40-24-29-15-7-3-8-16-29/h3-22,33-34,36-38H,2,23-28H2,1H3/t33-,34-,36-,37-,38-/m1/s1. The van der Waals surface area contributed by atoms with Gasteiger partial charge < -0.3 is 28.4 Å². The minimum absolute atomic E-state index is 0.0130. The third kappa shape index (κ3) is 10.1. The lowest BCUT2D eigenvalue weighted by atomic mass is 9.92. The molecule has 0 radical (unpaired) electrons. The Bertz CT molecular complexity index is 1390. The fourth-order valence-electron chi connectivity index (χ4n) is 5.43. The largest absolute Gasteiger partial charge is 0.466 e. The minimum Gasteiger partial charge on any atom is -0.466 e. The SMILES string of the molecule is CCOC(=O)C[C@H]1O[C@H](COCc2ccccc2)[C@@H](OCc2ccccc2)[C@H](OCc2ccccc2)[C@@H]1OCc1ccccc1. The van der Waals surface area contributed by atoms with Gasteiger partial charge in [0.25, 0.3) is 0 Å². The van der Waals surface area contributed by atoms with Crippen molar-refractivity contribution in [1.29, 1.82) is 0 Å². The first-order chi connectivity index (χ1) is 22.2. The van der Waals surface area contributed by atoms with Crippen LogP contribution in [0.25, 0.3) is 0 Å². The van der Waals surface area contributed by atoms with E-state index in [0.717, 1.165) is 22.3 Å². The van der Waals surface area contributed by atoms with Gasteiger partial charge in [0.05, 0.1) is 52.2 Å². The van der Waals surface area contributed by atoms with Gasteiger partial charge >= 0.3 is 5.97 Å². The number of rotatable bonds is 16. The van der Waals surface area contributed by atoms with Gasteiger partial charge in [-0.1, -0.05) is 121 Å². The molecule has 1 aliphatic heterocycles. The summed E-state index contributed by atoms with van der Waals surface area (Å²) in [6, 6.07) is 39.9. The van der Waals surface area contributed by atoms with Gasteiger partial charge in [-0.3, -0.25) is 4.79 Å². The molecule has 45 heavy (non-hydrogen) atoms. The van der Waals surface area contributed by atoms with E-state index in [9.17, 15) is 4.79 Å². The average molecular weight is 611 g/mol. The van der Waals surface area contributed by atoms with E-state index in [-0.39, 0.29) is 25.6 Å². The van der Waals surface area contributed by atoms with Crippen molar-refractivity contribution in [3.05, 3.63) is 144 Å². The van der Waals surface area contributed by atoms with Crippen molar-refractivity contribution in [1.82, 2.24) is 0 Å². The molecular weight excluding hydrogens is 568 g/mol. The minimum atomic E-state index is -0.643. The number of carbonyl (C=O) groups is 1. The van der Waals surface area contributed by atoms with Gasteiger partial charge in [-0.05, 0) is 29.2 Å². The van der Waals surface area contributed by atoms with Crippen molar-refractivity contribution in [3.63, 3.8) is 0 Å². The number of hydrogen-bond donors (Lipinski definition) is 0. The maximum atomic E-state index is 12.9. The summed E-state index contributed by atoms with van der Waals surface area (Å²) in [6.45, 7) is 3.74. The molecule has 0 amide bonds. The number of esters is 1.